The molecule has 0 unspecified atom stereocenters. The summed E-state index contributed by atoms with van der Waals surface area (Å²) < 4.78 is 2.89. The minimum atomic E-state index is -0.285. The van der Waals surface area contributed by atoms with Crippen molar-refractivity contribution >= 4 is 11.2 Å². The van der Waals surface area contributed by atoms with Gasteiger partial charge in [0.2, 0.25) is 0 Å². The molecule has 0 saturated heterocycles. The normalized spacial score (nSPS) is 10.6. The highest BCUT2D eigenvalue weighted by Crippen LogP contribution is 2.10. The van der Waals surface area contributed by atoms with Gasteiger partial charge in [0.1, 0.15) is 6.33 Å². The fourth-order valence-corrected chi connectivity index (χ4v) is 1.92. The lowest BCUT2D eigenvalue weighted by Crippen LogP contribution is -2.20. The first-order valence-corrected chi connectivity index (χ1v) is 6.04. The highest BCUT2D eigenvalue weighted by atomic mass is 16.1. The number of nitriles is 1. The summed E-state index contributed by atoms with van der Waals surface area (Å²) in [6.45, 7) is 0.302. The summed E-state index contributed by atoms with van der Waals surface area (Å²) in [5.74, 6) is 0. The van der Waals surface area contributed by atoms with Crippen LogP contribution in [0.4, 0.5) is 0 Å². The molecule has 2 heterocycles. The molecule has 0 saturated carbocycles. The molecule has 0 N–H and O–H groups in total. The van der Waals surface area contributed by atoms with Crippen molar-refractivity contribution in [1.82, 2.24) is 24.5 Å². The first-order chi connectivity index (χ1) is 9.81. The van der Waals surface area contributed by atoms with Gasteiger partial charge in [-0.1, -0.05) is 23.4 Å². The molecule has 0 aliphatic carbocycles. The Morgan fingerprint density at radius 3 is 2.80 bits per heavy atom. The van der Waals surface area contributed by atoms with Crippen molar-refractivity contribution in [2.75, 3.05) is 0 Å². The van der Waals surface area contributed by atoms with Crippen molar-refractivity contribution in [1.29, 1.82) is 5.26 Å². The van der Waals surface area contributed by atoms with Gasteiger partial charge in [0.15, 0.2) is 11.2 Å². The van der Waals surface area contributed by atoms with Crippen LogP contribution in [0.2, 0.25) is 0 Å². The van der Waals surface area contributed by atoms with Gasteiger partial charge in [-0.3, -0.25) is 9.36 Å². The van der Waals surface area contributed by atoms with E-state index in [1.165, 1.54) is 15.6 Å². The largest absolute Gasteiger partial charge is 0.296 e. The number of nitrogens with zero attached hydrogens (tertiary/aromatic N) is 6. The van der Waals surface area contributed by atoms with Crippen molar-refractivity contribution in [3.8, 4) is 11.8 Å². The molecule has 7 nitrogen and oxygen atoms in total. The number of aromatic nitrogens is 5. The maximum atomic E-state index is 12.2. The lowest BCUT2D eigenvalue weighted by atomic mass is 10.3. The molecule has 1 aromatic carbocycles. The molecule has 0 atom stereocenters. The third-order valence-electron chi connectivity index (χ3n) is 2.89. The van der Waals surface area contributed by atoms with Gasteiger partial charge in [0.25, 0.3) is 5.56 Å². The Kier molecular flexibility index (Phi) is 2.97. The fourth-order valence-electron chi connectivity index (χ4n) is 1.92. The van der Waals surface area contributed by atoms with E-state index in [1.54, 1.807) is 0 Å². The van der Waals surface area contributed by atoms with E-state index in [0.717, 1.165) is 5.69 Å². The van der Waals surface area contributed by atoms with E-state index in [4.69, 9.17) is 5.26 Å². The fraction of sp³-hybridized carbons (Fsp3) is 0.154. The SMILES string of the molecule is N#CCCn1cnc2c(nnn2-c2ccccc2)c1=O. The van der Waals surface area contributed by atoms with Crippen LogP contribution in [0.1, 0.15) is 6.42 Å². The molecular formula is C13H10N6O. The van der Waals surface area contributed by atoms with Gasteiger partial charge in [0.05, 0.1) is 18.2 Å². The Bertz CT molecular complexity index is 843. The van der Waals surface area contributed by atoms with Gasteiger partial charge >= 0.3 is 0 Å². The van der Waals surface area contributed by atoms with Crippen LogP contribution in [0.25, 0.3) is 16.9 Å². The third-order valence-corrected chi connectivity index (χ3v) is 2.89. The molecule has 20 heavy (non-hydrogen) atoms. The molecular weight excluding hydrogens is 256 g/mol. The van der Waals surface area contributed by atoms with Crippen LogP contribution in [-0.4, -0.2) is 24.5 Å². The van der Waals surface area contributed by atoms with E-state index in [2.05, 4.69) is 15.3 Å². The van der Waals surface area contributed by atoms with E-state index >= 15 is 0 Å². The number of rotatable bonds is 3. The van der Waals surface area contributed by atoms with Crippen LogP contribution in [0, 0.1) is 11.3 Å². The zero-order chi connectivity index (χ0) is 13.9. The molecule has 0 bridgehead atoms. The van der Waals surface area contributed by atoms with E-state index in [0.29, 0.717) is 12.2 Å². The zero-order valence-electron chi connectivity index (χ0n) is 10.5. The van der Waals surface area contributed by atoms with Crippen LogP contribution in [0.15, 0.2) is 41.5 Å². The lowest BCUT2D eigenvalue weighted by molar-refractivity contribution is 0.676. The molecule has 0 radical (unpaired) electrons. The minimum Gasteiger partial charge on any atom is -0.296 e. The Hall–Kier alpha value is -3.01. The maximum Gasteiger partial charge on any atom is 0.283 e. The second kappa shape index (κ2) is 4.93. The van der Waals surface area contributed by atoms with Gasteiger partial charge in [-0.15, -0.1) is 5.10 Å². The Morgan fingerprint density at radius 2 is 2.05 bits per heavy atom. The highest BCUT2D eigenvalue weighted by Gasteiger charge is 2.12. The van der Waals surface area contributed by atoms with Crippen molar-refractivity contribution in [3.63, 3.8) is 0 Å². The molecule has 7 heteroatoms. The second-order valence-electron chi connectivity index (χ2n) is 4.16. The van der Waals surface area contributed by atoms with Crippen LogP contribution in [-0.2, 0) is 6.54 Å². The third kappa shape index (κ3) is 1.93. The summed E-state index contributed by atoms with van der Waals surface area (Å²) in [6, 6.07) is 11.3. The van der Waals surface area contributed by atoms with E-state index in [9.17, 15) is 4.79 Å². The van der Waals surface area contributed by atoms with Crippen molar-refractivity contribution in [3.05, 3.63) is 47.0 Å². The van der Waals surface area contributed by atoms with Gasteiger partial charge < -0.3 is 0 Å². The van der Waals surface area contributed by atoms with Crippen molar-refractivity contribution in [2.24, 2.45) is 0 Å². The molecule has 2 aromatic heterocycles. The molecule has 98 valence electrons. The molecule has 0 fully saturated rings. The first kappa shape index (κ1) is 12.0. The maximum absolute atomic E-state index is 12.2. The smallest absolute Gasteiger partial charge is 0.283 e. The molecule has 0 aliphatic rings. The summed E-state index contributed by atoms with van der Waals surface area (Å²) in [4.78, 5) is 16.4. The topological polar surface area (TPSA) is 89.4 Å². The quantitative estimate of drug-likeness (QED) is 0.702. The summed E-state index contributed by atoms with van der Waals surface area (Å²) in [7, 11) is 0. The van der Waals surface area contributed by atoms with Crippen LogP contribution in [0.3, 0.4) is 0 Å². The number of benzene rings is 1. The molecule has 0 spiro atoms. The predicted octanol–water partition coefficient (Wildman–Crippen LogP) is 0.891. The van der Waals surface area contributed by atoms with Crippen molar-refractivity contribution < 1.29 is 0 Å². The van der Waals surface area contributed by atoms with Crippen LogP contribution < -0.4 is 5.56 Å². The van der Waals surface area contributed by atoms with E-state index in [-0.39, 0.29) is 17.5 Å². The number of para-hydroxylation sites is 1. The predicted molar refractivity (Wildman–Crippen MR) is 71.2 cm³/mol. The van der Waals surface area contributed by atoms with Crippen LogP contribution in [0.5, 0.6) is 0 Å². The Labute approximate surface area is 113 Å². The number of hydrogen-bond acceptors (Lipinski definition) is 5. The lowest BCUT2D eigenvalue weighted by Gasteiger charge is -2.02. The van der Waals surface area contributed by atoms with E-state index in [1.807, 2.05) is 36.4 Å². The molecule has 0 aliphatic heterocycles. The summed E-state index contributed by atoms with van der Waals surface area (Å²) in [6.07, 6.45) is 1.67. The zero-order valence-corrected chi connectivity index (χ0v) is 10.5. The second-order valence-corrected chi connectivity index (χ2v) is 4.16. The Morgan fingerprint density at radius 1 is 1.25 bits per heavy atom. The van der Waals surface area contributed by atoms with Gasteiger partial charge in [-0.05, 0) is 12.1 Å². The average Bonchev–Trinajstić information content (AvgIpc) is 2.92. The number of fused-ring (bicyclic) bond motifs is 1. The molecule has 3 aromatic rings. The highest BCUT2D eigenvalue weighted by molar-refractivity contribution is 5.70. The van der Waals surface area contributed by atoms with E-state index < -0.39 is 0 Å². The monoisotopic (exact) mass is 266 g/mol. The number of hydrogen-bond donors (Lipinski definition) is 0. The van der Waals surface area contributed by atoms with Crippen molar-refractivity contribution in [2.45, 2.75) is 13.0 Å². The first-order valence-electron chi connectivity index (χ1n) is 6.04. The van der Waals surface area contributed by atoms with Gasteiger partial charge in [0, 0.05) is 6.54 Å². The molecule has 3 rings (SSSR count). The summed E-state index contributed by atoms with van der Waals surface area (Å²) in [5.41, 5.74) is 1.12. The van der Waals surface area contributed by atoms with Gasteiger partial charge in [-0.2, -0.15) is 9.94 Å². The van der Waals surface area contributed by atoms with Crippen LogP contribution >= 0.6 is 0 Å². The van der Waals surface area contributed by atoms with Gasteiger partial charge in [-0.25, -0.2) is 4.98 Å². The Balaban J connectivity index is 2.14. The number of aryl methyl sites for hydroxylation is 1. The minimum absolute atomic E-state index is 0.203. The summed E-state index contributed by atoms with van der Waals surface area (Å²) >= 11 is 0. The standard InChI is InChI=1S/C13H10N6O/c14-7-4-8-18-9-15-12-11(13(18)20)16-17-19(12)10-5-2-1-3-6-10/h1-3,5-6,9H,4,8H2. The summed E-state index contributed by atoms with van der Waals surface area (Å²) in [5, 5.41) is 16.4. The average molecular weight is 266 g/mol. The molecule has 0 amide bonds.